The molecule has 0 fully saturated rings. The maximum Gasteiger partial charge on any atom is 0.0713 e. The Hall–Kier alpha value is -3.52. The molecule has 0 unspecified atom stereocenters. The predicted molar refractivity (Wildman–Crippen MR) is 124 cm³/mol. The zero-order valence-corrected chi connectivity index (χ0v) is 16.9. The minimum absolute atomic E-state index is 0.380. The fraction of sp³-hybridized carbons (Fsp3) is 0.111. The van der Waals surface area contributed by atoms with Gasteiger partial charge >= 0.3 is 0 Å². The topological polar surface area (TPSA) is 52.0 Å². The molecule has 5 rings (SSSR count). The van der Waals surface area contributed by atoms with Gasteiger partial charge in [-0.3, -0.25) is 0 Å². The van der Waals surface area contributed by atoms with E-state index in [-0.39, 0.29) is 5.41 Å². The lowest BCUT2D eigenvalue weighted by molar-refractivity contribution is 0.769. The minimum atomic E-state index is -0.380. The first-order valence-electron chi connectivity index (χ1n) is 10.1. The SMILES string of the molecule is CC.Nc1ccc(C2(c3ccc(N)cc3)c3ccccc3-c3ccccc32)cc1. The highest BCUT2D eigenvalue weighted by Gasteiger charge is 2.45. The number of fused-ring (bicyclic) bond motifs is 3. The second-order valence-electron chi connectivity index (χ2n) is 7.09. The summed E-state index contributed by atoms with van der Waals surface area (Å²) in [5.74, 6) is 0. The highest BCUT2D eigenvalue weighted by atomic mass is 14.6. The van der Waals surface area contributed by atoms with Crippen molar-refractivity contribution in [3.05, 3.63) is 119 Å². The van der Waals surface area contributed by atoms with E-state index in [2.05, 4.69) is 72.8 Å². The molecule has 0 aromatic heterocycles. The second-order valence-corrected chi connectivity index (χ2v) is 7.09. The van der Waals surface area contributed by atoms with E-state index < -0.39 is 0 Å². The minimum Gasteiger partial charge on any atom is -0.399 e. The van der Waals surface area contributed by atoms with Crippen molar-refractivity contribution in [1.82, 2.24) is 0 Å². The number of nitrogen functional groups attached to an aromatic ring is 2. The molecule has 2 heteroatoms. The molecule has 0 atom stereocenters. The van der Waals surface area contributed by atoms with E-state index in [1.165, 1.54) is 33.4 Å². The molecule has 4 N–H and O–H groups in total. The van der Waals surface area contributed by atoms with E-state index in [9.17, 15) is 0 Å². The van der Waals surface area contributed by atoms with Gasteiger partial charge in [0.05, 0.1) is 5.41 Å². The third kappa shape index (κ3) is 2.80. The largest absolute Gasteiger partial charge is 0.399 e. The molecule has 0 radical (unpaired) electrons. The predicted octanol–water partition coefficient (Wildman–Crippen LogP) is 6.24. The summed E-state index contributed by atoms with van der Waals surface area (Å²) in [7, 11) is 0. The summed E-state index contributed by atoms with van der Waals surface area (Å²) in [5, 5.41) is 0. The lowest BCUT2D eigenvalue weighted by Crippen LogP contribution is -2.28. The first-order valence-corrected chi connectivity index (χ1v) is 10.1. The van der Waals surface area contributed by atoms with Crippen molar-refractivity contribution in [2.24, 2.45) is 0 Å². The quantitative estimate of drug-likeness (QED) is 0.357. The van der Waals surface area contributed by atoms with E-state index in [0.29, 0.717) is 0 Å². The Bertz CT molecular complexity index is 1030. The summed E-state index contributed by atoms with van der Waals surface area (Å²) < 4.78 is 0. The van der Waals surface area contributed by atoms with Crippen molar-refractivity contribution in [3.8, 4) is 11.1 Å². The average molecular weight is 379 g/mol. The van der Waals surface area contributed by atoms with Gasteiger partial charge in [-0.1, -0.05) is 86.6 Å². The van der Waals surface area contributed by atoms with Crippen LogP contribution in [-0.2, 0) is 5.41 Å². The molecule has 0 saturated heterocycles. The summed E-state index contributed by atoms with van der Waals surface area (Å²) in [4.78, 5) is 0. The van der Waals surface area contributed by atoms with Crippen LogP contribution >= 0.6 is 0 Å². The molecule has 0 amide bonds. The molecule has 0 saturated carbocycles. The van der Waals surface area contributed by atoms with E-state index >= 15 is 0 Å². The number of hydrogen-bond donors (Lipinski definition) is 2. The molecule has 1 aliphatic rings. The zero-order chi connectivity index (χ0) is 20.4. The number of rotatable bonds is 2. The lowest BCUT2D eigenvalue weighted by Gasteiger charge is -2.34. The van der Waals surface area contributed by atoms with Crippen LogP contribution in [0.3, 0.4) is 0 Å². The summed E-state index contributed by atoms with van der Waals surface area (Å²) in [6.45, 7) is 4.00. The first-order chi connectivity index (χ1) is 14.2. The molecule has 2 nitrogen and oxygen atoms in total. The van der Waals surface area contributed by atoms with Crippen LogP contribution in [-0.4, -0.2) is 0 Å². The molecular formula is C27H26N2. The Kier molecular flexibility index (Phi) is 4.85. The highest BCUT2D eigenvalue weighted by molar-refractivity contribution is 5.86. The maximum atomic E-state index is 6.00. The summed E-state index contributed by atoms with van der Waals surface area (Å²) in [6, 6.07) is 33.9. The third-order valence-corrected chi connectivity index (χ3v) is 5.64. The molecule has 144 valence electrons. The van der Waals surface area contributed by atoms with Gasteiger partial charge in [0, 0.05) is 11.4 Å². The Morgan fingerprint density at radius 2 is 0.828 bits per heavy atom. The molecule has 29 heavy (non-hydrogen) atoms. The van der Waals surface area contributed by atoms with Crippen molar-refractivity contribution >= 4 is 11.4 Å². The summed E-state index contributed by atoms with van der Waals surface area (Å²) in [6.07, 6.45) is 0. The molecule has 0 heterocycles. The fourth-order valence-electron chi connectivity index (χ4n) is 4.49. The van der Waals surface area contributed by atoms with Crippen LogP contribution in [0.2, 0.25) is 0 Å². The van der Waals surface area contributed by atoms with E-state index in [4.69, 9.17) is 11.5 Å². The van der Waals surface area contributed by atoms with Crippen LogP contribution in [0, 0.1) is 0 Å². The zero-order valence-electron chi connectivity index (χ0n) is 16.9. The normalized spacial score (nSPS) is 13.0. The summed E-state index contributed by atoms with van der Waals surface area (Å²) >= 11 is 0. The van der Waals surface area contributed by atoms with Crippen LogP contribution in [0.15, 0.2) is 97.1 Å². The second kappa shape index (κ2) is 7.48. The van der Waals surface area contributed by atoms with Crippen molar-refractivity contribution in [2.45, 2.75) is 19.3 Å². The van der Waals surface area contributed by atoms with Crippen LogP contribution in [0.4, 0.5) is 11.4 Å². The smallest absolute Gasteiger partial charge is 0.0713 e. The third-order valence-electron chi connectivity index (χ3n) is 5.64. The molecule has 0 aliphatic heterocycles. The number of nitrogens with two attached hydrogens (primary N) is 2. The van der Waals surface area contributed by atoms with E-state index in [0.717, 1.165) is 11.4 Å². The van der Waals surface area contributed by atoms with Crippen molar-refractivity contribution in [1.29, 1.82) is 0 Å². The fourth-order valence-corrected chi connectivity index (χ4v) is 4.49. The molecule has 1 aliphatic carbocycles. The van der Waals surface area contributed by atoms with Crippen LogP contribution < -0.4 is 11.5 Å². The molecule has 4 aromatic rings. The van der Waals surface area contributed by atoms with Gasteiger partial charge in [-0.05, 0) is 57.6 Å². The van der Waals surface area contributed by atoms with Gasteiger partial charge in [-0.25, -0.2) is 0 Å². The lowest BCUT2D eigenvalue weighted by atomic mass is 9.67. The van der Waals surface area contributed by atoms with Crippen LogP contribution in [0.5, 0.6) is 0 Å². The number of benzene rings is 4. The number of anilines is 2. The van der Waals surface area contributed by atoms with Gasteiger partial charge in [0.2, 0.25) is 0 Å². The van der Waals surface area contributed by atoms with Crippen LogP contribution in [0.1, 0.15) is 36.1 Å². The van der Waals surface area contributed by atoms with E-state index in [1.807, 2.05) is 38.1 Å². The van der Waals surface area contributed by atoms with Gasteiger partial charge in [0.1, 0.15) is 0 Å². The Labute approximate surface area is 172 Å². The summed E-state index contributed by atoms with van der Waals surface area (Å²) in [5.41, 5.74) is 20.7. The van der Waals surface area contributed by atoms with Gasteiger partial charge < -0.3 is 11.5 Å². The van der Waals surface area contributed by atoms with Gasteiger partial charge in [0.25, 0.3) is 0 Å². The van der Waals surface area contributed by atoms with Crippen molar-refractivity contribution in [2.75, 3.05) is 11.5 Å². The molecule has 0 spiro atoms. The molecule has 4 aromatic carbocycles. The van der Waals surface area contributed by atoms with E-state index in [1.54, 1.807) is 0 Å². The van der Waals surface area contributed by atoms with Crippen molar-refractivity contribution < 1.29 is 0 Å². The monoisotopic (exact) mass is 378 g/mol. The van der Waals surface area contributed by atoms with Crippen molar-refractivity contribution in [3.63, 3.8) is 0 Å². The maximum absolute atomic E-state index is 6.00. The molecular weight excluding hydrogens is 352 g/mol. The standard InChI is InChI=1S/C25H20N2.C2H6/c26-19-13-9-17(10-14-19)25(18-11-15-20(27)16-12-18)23-7-3-1-5-21(23)22-6-2-4-8-24(22)25;1-2/h1-16H,26-27H2;1-2H3. The van der Waals surface area contributed by atoms with Gasteiger partial charge in [0.15, 0.2) is 0 Å². The average Bonchev–Trinajstić information content (AvgIpc) is 3.08. The highest BCUT2D eigenvalue weighted by Crippen LogP contribution is 2.55. The Morgan fingerprint density at radius 1 is 0.483 bits per heavy atom. The molecule has 0 bridgehead atoms. The Morgan fingerprint density at radius 3 is 1.21 bits per heavy atom. The van der Waals surface area contributed by atoms with Gasteiger partial charge in [-0.15, -0.1) is 0 Å². The number of hydrogen-bond acceptors (Lipinski definition) is 2. The van der Waals surface area contributed by atoms with Gasteiger partial charge in [-0.2, -0.15) is 0 Å². The Balaban J connectivity index is 0.000000994. The van der Waals surface area contributed by atoms with Crippen LogP contribution in [0.25, 0.3) is 11.1 Å². The first kappa shape index (κ1) is 18.8.